The normalized spacial score (nSPS) is 16.9. The molecule has 0 saturated heterocycles. The van der Waals surface area contributed by atoms with Gasteiger partial charge in [-0.1, -0.05) is 97.8 Å². The second kappa shape index (κ2) is 17.7. The second-order valence-corrected chi connectivity index (χ2v) is 18.4. The van der Waals surface area contributed by atoms with Crippen LogP contribution in [0.4, 0.5) is 0 Å². The van der Waals surface area contributed by atoms with Crippen molar-refractivity contribution in [1.82, 2.24) is 19.4 Å². The zero-order chi connectivity index (χ0) is 42.4. The van der Waals surface area contributed by atoms with Gasteiger partial charge in [-0.2, -0.15) is 60.7 Å². The number of hydrogen-bond donors (Lipinski definition) is 0. The summed E-state index contributed by atoms with van der Waals surface area (Å²) in [6.07, 6.45) is 16.3. The van der Waals surface area contributed by atoms with Gasteiger partial charge in [0, 0.05) is 28.9 Å². The molecular weight excluding hydrogens is 957 g/mol. The van der Waals surface area contributed by atoms with E-state index in [9.17, 15) is 0 Å². The molecule has 0 N–H and O–H groups in total. The maximum absolute atomic E-state index is 6.08. The Balaban J connectivity index is 0.00000484. The summed E-state index contributed by atoms with van der Waals surface area (Å²) in [4.78, 5) is 16.3. The summed E-state index contributed by atoms with van der Waals surface area (Å²) < 4.78 is 2.54. The van der Waals surface area contributed by atoms with Gasteiger partial charge in [0.2, 0.25) is 0 Å². The van der Waals surface area contributed by atoms with Crippen molar-refractivity contribution in [3.8, 4) is 11.3 Å². The van der Waals surface area contributed by atoms with E-state index in [1.165, 1.54) is 92.0 Å². The average Bonchev–Trinajstić information content (AvgIpc) is 3.78. The van der Waals surface area contributed by atoms with Crippen LogP contribution in [0, 0.1) is 18.2 Å². The maximum Gasteiger partial charge on any atom is 3.00 e. The third-order valence-electron chi connectivity index (χ3n) is 14.8. The molecule has 5 heteroatoms. The van der Waals surface area contributed by atoms with Crippen molar-refractivity contribution >= 4 is 27.3 Å². The molecule has 2 aliphatic rings. The molecule has 0 amide bonds. The van der Waals surface area contributed by atoms with E-state index < -0.39 is 10.8 Å². The van der Waals surface area contributed by atoms with Crippen molar-refractivity contribution in [2.24, 2.45) is 0 Å². The van der Waals surface area contributed by atoms with Crippen LogP contribution in [0.15, 0.2) is 152 Å². The van der Waals surface area contributed by atoms with Crippen molar-refractivity contribution in [3.05, 3.63) is 215 Å². The van der Waals surface area contributed by atoms with Gasteiger partial charge in [0.25, 0.3) is 0 Å². The van der Waals surface area contributed by atoms with Gasteiger partial charge in [0.15, 0.2) is 0 Å². The van der Waals surface area contributed by atoms with Gasteiger partial charge in [-0.05, 0) is 98.2 Å². The number of rotatable bonds is 9. The molecular formula is C59H53IrN4. The predicted octanol–water partition coefficient (Wildman–Crippen LogP) is 14.3. The second-order valence-electron chi connectivity index (χ2n) is 18.4. The molecule has 0 radical (unpaired) electrons. The topological polar surface area (TPSA) is 43.1 Å². The van der Waals surface area contributed by atoms with Crippen molar-refractivity contribution in [3.63, 3.8) is 0 Å². The fraction of sp³-hybridized carbons (Fsp3) is 0.271. The van der Waals surface area contributed by atoms with Crippen molar-refractivity contribution in [2.45, 2.75) is 101 Å². The number of fused-ring (bicyclic) bond motifs is 6. The van der Waals surface area contributed by atoms with E-state index in [2.05, 4.69) is 146 Å². The van der Waals surface area contributed by atoms with Crippen LogP contribution in [0.5, 0.6) is 0 Å². The molecule has 9 aromatic rings. The summed E-state index contributed by atoms with van der Waals surface area (Å²) in [5.74, 6) is 0.956. The van der Waals surface area contributed by atoms with Crippen LogP contribution >= 0.6 is 0 Å². The van der Waals surface area contributed by atoms with E-state index in [-0.39, 0.29) is 20.1 Å². The first-order valence-electron chi connectivity index (χ1n) is 23.3. The molecule has 4 nitrogen and oxygen atoms in total. The quantitative estimate of drug-likeness (QED) is 0.107. The maximum atomic E-state index is 6.08. The molecule has 4 heterocycles. The Bertz CT molecular complexity index is 2930. The van der Waals surface area contributed by atoms with Crippen LogP contribution in [-0.4, -0.2) is 19.4 Å². The van der Waals surface area contributed by atoms with E-state index in [1.807, 2.05) is 42.7 Å². The molecule has 1 unspecified atom stereocenters. The smallest absolute Gasteiger partial charge is 0.333 e. The summed E-state index contributed by atoms with van der Waals surface area (Å²) in [5.41, 5.74) is 12.2. The van der Waals surface area contributed by atoms with Gasteiger partial charge in [-0.15, -0.1) is 34.9 Å². The Morgan fingerprint density at radius 1 is 0.531 bits per heavy atom. The summed E-state index contributed by atoms with van der Waals surface area (Å²) in [5, 5.41) is 3.30. The van der Waals surface area contributed by atoms with Gasteiger partial charge in [0.05, 0.1) is 33.8 Å². The van der Waals surface area contributed by atoms with Crippen molar-refractivity contribution < 1.29 is 20.1 Å². The number of imidazole rings is 1. The molecule has 11 rings (SSSR count). The number of pyridine rings is 3. The third kappa shape index (κ3) is 7.04. The predicted molar refractivity (Wildman–Crippen MR) is 256 cm³/mol. The summed E-state index contributed by atoms with van der Waals surface area (Å²) in [6, 6.07) is 61.5. The Morgan fingerprint density at radius 3 is 1.67 bits per heavy atom. The van der Waals surface area contributed by atoms with Crippen molar-refractivity contribution in [2.75, 3.05) is 0 Å². The molecule has 0 bridgehead atoms. The summed E-state index contributed by atoms with van der Waals surface area (Å²) >= 11 is 0. The van der Waals surface area contributed by atoms with E-state index in [0.29, 0.717) is 11.8 Å². The molecule has 318 valence electrons. The Morgan fingerprint density at radius 2 is 1.09 bits per heavy atom. The zero-order valence-corrected chi connectivity index (χ0v) is 39.2. The number of para-hydroxylation sites is 1. The van der Waals surface area contributed by atoms with Crippen LogP contribution in [0.1, 0.15) is 135 Å². The minimum Gasteiger partial charge on any atom is -0.333 e. The van der Waals surface area contributed by atoms with Crippen LogP contribution in [0.3, 0.4) is 0 Å². The molecule has 64 heavy (non-hydrogen) atoms. The Kier molecular flexibility index (Phi) is 11.7. The largest absolute Gasteiger partial charge is 3.00 e. The zero-order valence-electron chi connectivity index (χ0n) is 36.8. The SMILES string of the molecule is CC(c1[c-]cccc1)(c1[c-]c2c(cc1)c1ccccc1n1c(-c3c(C4CCCCC4)cccc3C3CCCCC3)c([C@](C)(c3[c-]cccc3)c3ccccn3)nc21)c1ccccn1.[Ir+3]. The van der Waals surface area contributed by atoms with Crippen LogP contribution in [-0.2, 0) is 30.9 Å². The fourth-order valence-corrected chi connectivity index (χ4v) is 11.4. The Hall–Kier alpha value is -5.74. The summed E-state index contributed by atoms with van der Waals surface area (Å²) in [6.45, 7) is 4.60. The van der Waals surface area contributed by atoms with E-state index in [4.69, 9.17) is 15.0 Å². The molecule has 2 aliphatic carbocycles. The summed E-state index contributed by atoms with van der Waals surface area (Å²) in [7, 11) is 0. The fourth-order valence-electron chi connectivity index (χ4n) is 11.4. The van der Waals surface area contributed by atoms with Gasteiger partial charge in [0.1, 0.15) is 0 Å². The molecule has 2 saturated carbocycles. The standard InChI is InChI=1S/C59H53N4.Ir/c1-58(43-26-11-5-12-27-43,52-34-17-19-38-60-52)45-36-37-48-49-30-15-16-33-51(49)63-55(54-46(41-22-7-3-8-23-41)31-21-32-47(54)42-24-9-4-10-25-42)56(62-57(63)50(48)40-45)59(2,44-28-13-6-14-29-44)53-35-18-20-39-61-53;/h5-6,11-21,26,28,30-39,41-42H,3-4,7-10,22-25H2,1-2H3;/q-3;+3/t58?,59-;/m1./s1. The van der Waals surface area contributed by atoms with Gasteiger partial charge in [-0.25, -0.2) is 0 Å². The number of benzene rings is 5. The van der Waals surface area contributed by atoms with Gasteiger partial charge >= 0.3 is 20.1 Å². The molecule has 4 aromatic heterocycles. The van der Waals surface area contributed by atoms with E-state index >= 15 is 0 Å². The minimum atomic E-state index is -0.764. The number of nitrogens with zero attached hydrogens (tertiary/aromatic N) is 4. The first-order valence-corrected chi connectivity index (χ1v) is 23.3. The number of hydrogen-bond acceptors (Lipinski definition) is 3. The van der Waals surface area contributed by atoms with Gasteiger partial charge in [-0.3, -0.25) is 15.0 Å². The Labute approximate surface area is 391 Å². The number of aromatic nitrogens is 4. The average molecular weight is 1010 g/mol. The third-order valence-corrected chi connectivity index (χ3v) is 14.8. The first-order chi connectivity index (χ1) is 31.0. The first kappa shape index (κ1) is 42.2. The minimum absolute atomic E-state index is 0. The monoisotopic (exact) mass is 1010 g/mol. The molecule has 0 spiro atoms. The molecule has 0 aliphatic heterocycles. The van der Waals surface area contributed by atoms with Crippen LogP contribution in [0.25, 0.3) is 38.6 Å². The molecule has 2 fully saturated rings. The van der Waals surface area contributed by atoms with Crippen molar-refractivity contribution in [1.29, 1.82) is 0 Å². The van der Waals surface area contributed by atoms with E-state index in [1.54, 1.807) is 0 Å². The van der Waals surface area contributed by atoms with E-state index in [0.717, 1.165) is 55.7 Å². The molecule has 5 aromatic carbocycles. The van der Waals surface area contributed by atoms with Gasteiger partial charge < -0.3 is 4.40 Å². The molecule has 2 atom stereocenters. The van der Waals surface area contributed by atoms with Crippen LogP contribution < -0.4 is 0 Å². The van der Waals surface area contributed by atoms with Crippen LogP contribution in [0.2, 0.25) is 0 Å².